The number of carbonyl (C=O) groups excluding carboxylic acids is 1. The minimum absolute atomic E-state index is 0.0889. The first-order valence-electron chi connectivity index (χ1n) is 10.2. The molecule has 1 N–H and O–H groups in total. The van der Waals surface area contributed by atoms with Crippen LogP contribution in [0.4, 0.5) is 11.4 Å². The van der Waals surface area contributed by atoms with Gasteiger partial charge in [-0.05, 0) is 54.0 Å². The van der Waals surface area contributed by atoms with Crippen LogP contribution in [-0.4, -0.2) is 32.8 Å². The number of amides is 1. The van der Waals surface area contributed by atoms with Gasteiger partial charge < -0.3 is 10.1 Å². The molecule has 3 aromatic rings. The van der Waals surface area contributed by atoms with Crippen LogP contribution in [0.2, 0.25) is 0 Å². The maximum absolute atomic E-state index is 13.2. The van der Waals surface area contributed by atoms with E-state index in [2.05, 4.69) is 10.4 Å². The van der Waals surface area contributed by atoms with E-state index in [1.807, 2.05) is 43.3 Å². The van der Waals surface area contributed by atoms with Crippen molar-refractivity contribution in [2.45, 2.75) is 19.9 Å². The second-order valence-corrected chi connectivity index (χ2v) is 7.72. The van der Waals surface area contributed by atoms with Gasteiger partial charge in [-0.15, -0.1) is 0 Å². The summed E-state index contributed by atoms with van der Waals surface area (Å²) < 4.78 is 6.89. The van der Waals surface area contributed by atoms with Gasteiger partial charge in [-0.2, -0.15) is 5.10 Å². The van der Waals surface area contributed by atoms with E-state index in [0.717, 1.165) is 28.8 Å². The Bertz CT molecular complexity index is 1280. The number of aryl methyl sites for hydroxylation is 1. The number of nitrogens with one attached hydrogen (secondary N) is 1. The number of nitrogens with zero attached hydrogens (tertiary/aromatic N) is 4. The summed E-state index contributed by atoms with van der Waals surface area (Å²) in [5.74, 6) is 0.371. The van der Waals surface area contributed by atoms with E-state index in [9.17, 15) is 14.9 Å². The first-order valence-corrected chi connectivity index (χ1v) is 10.6. The van der Waals surface area contributed by atoms with Gasteiger partial charge in [0.15, 0.2) is 5.11 Å². The van der Waals surface area contributed by atoms with Crippen molar-refractivity contribution >= 4 is 40.7 Å². The van der Waals surface area contributed by atoms with E-state index in [-0.39, 0.29) is 18.1 Å². The topological polar surface area (TPSA) is 103 Å². The molecule has 0 bridgehead atoms. The molecule has 0 spiro atoms. The highest BCUT2D eigenvalue weighted by molar-refractivity contribution is 7.80. The van der Waals surface area contributed by atoms with Gasteiger partial charge in [-0.25, -0.2) is 0 Å². The molecule has 0 atom stereocenters. The van der Waals surface area contributed by atoms with Crippen LogP contribution in [0.25, 0.3) is 6.08 Å². The Labute approximate surface area is 195 Å². The van der Waals surface area contributed by atoms with Crippen molar-refractivity contribution in [3.8, 4) is 5.75 Å². The molecule has 1 amide bonds. The molecule has 0 unspecified atom stereocenters. The summed E-state index contributed by atoms with van der Waals surface area (Å²) >= 11 is 5.44. The largest absolute Gasteiger partial charge is 0.496 e. The van der Waals surface area contributed by atoms with Gasteiger partial charge in [-0.3, -0.25) is 24.5 Å². The first kappa shape index (κ1) is 22.2. The van der Waals surface area contributed by atoms with Crippen LogP contribution >= 0.6 is 12.2 Å². The Morgan fingerprint density at radius 3 is 2.73 bits per heavy atom. The molecule has 1 fully saturated rings. The van der Waals surface area contributed by atoms with Crippen molar-refractivity contribution < 1.29 is 14.5 Å². The predicted molar refractivity (Wildman–Crippen MR) is 128 cm³/mol. The van der Waals surface area contributed by atoms with E-state index < -0.39 is 4.92 Å². The molecule has 1 aliphatic rings. The summed E-state index contributed by atoms with van der Waals surface area (Å²) in [6.45, 7) is 2.30. The molecule has 4 rings (SSSR count). The van der Waals surface area contributed by atoms with E-state index in [4.69, 9.17) is 17.0 Å². The Balaban J connectivity index is 1.63. The Kier molecular flexibility index (Phi) is 6.18. The van der Waals surface area contributed by atoms with Crippen molar-refractivity contribution in [1.29, 1.82) is 0 Å². The number of methoxy groups -OCH3 is 1. The zero-order chi connectivity index (χ0) is 23.5. The molecule has 9 nitrogen and oxygen atoms in total. The summed E-state index contributed by atoms with van der Waals surface area (Å²) in [6.07, 6.45) is 5.05. The molecule has 33 heavy (non-hydrogen) atoms. The van der Waals surface area contributed by atoms with Crippen molar-refractivity contribution in [3.63, 3.8) is 0 Å². The minimum Gasteiger partial charge on any atom is -0.496 e. The highest BCUT2D eigenvalue weighted by Crippen LogP contribution is 2.28. The van der Waals surface area contributed by atoms with Crippen LogP contribution in [-0.2, 0) is 17.8 Å². The molecule has 0 saturated carbocycles. The molecule has 2 heterocycles. The van der Waals surface area contributed by atoms with Crippen LogP contribution < -0.4 is 15.0 Å². The van der Waals surface area contributed by atoms with Crippen LogP contribution in [0, 0.1) is 10.1 Å². The number of anilines is 1. The molecule has 1 aliphatic heterocycles. The summed E-state index contributed by atoms with van der Waals surface area (Å²) in [7, 11) is 1.55. The average molecular weight is 464 g/mol. The van der Waals surface area contributed by atoms with E-state index in [1.54, 1.807) is 19.3 Å². The fraction of sp³-hybridized carbons (Fsp3) is 0.174. The highest BCUT2D eigenvalue weighted by atomic mass is 32.1. The van der Waals surface area contributed by atoms with Crippen LogP contribution in [0.3, 0.4) is 0 Å². The van der Waals surface area contributed by atoms with Crippen molar-refractivity contribution in [2.75, 3.05) is 12.0 Å². The van der Waals surface area contributed by atoms with Crippen molar-refractivity contribution in [2.24, 2.45) is 0 Å². The molecule has 168 valence electrons. The SMILES string of the molecule is CCc1ccccc1N1C(=O)/C(=C\c2ccc(OC)c(Cn3cc([N+](=O)[O-])cn3)c2)NC1=S. The van der Waals surface area contributed by atoms with Gasteiger partial charge in [0.2, 0.25) is 0 Å². The third-order valence-electron chi connectivity index (χ3n) is 5.27. The maximum Gasteiger partial charge on any atom is 0.307 e. The van der Waals surface area contributed by atoms with Gasteiger partial charge in [0.25, 0.3) is 5.91 Å². The van der Waals surface area contributed by atoms with E-state index in [0.29, 0.717) is 16.6 Å². The van der Waals surface area contributed by atoms with Gasteiger partial charge in [0, 0.05) is 5.56 Å². The highest BCUT2D eigenvalue weighted by Gasteiger charge is 2.33. The normalized spacial score (nSPS) is 14.6. The number of rotatable bonds is 7. The number of thiocarbonyl (C=S) groups is 1. The second kappa shape index (κ2) is 9.21. The first-order chi connectivity index (χ1) is 15.9. The Morgan fingerprint density at radius 1 is 1.24 bits per heavy atom. The second-order valence-electron chi connectivity index (χ2n) is 7.34. The molecule has 10 heteroatoms. The van der Waals surface area contributed by atoms with E-state index >= 15 is 0 Å². The third kappa shape index (κ3) is 4.46. The number of carbonyl (C=O) groups is 1. The lowest BCUT2D eigenvalue weighted by Crippen LogP contribution is -2.31. The van der Waals surface area contributed by atoms with Gasteiger partial charge in [0.05, 0.1) is 24.3 Å². The number of aromatic nitrogens is 2. The molecule has 1 saturated heterocycles. The van der Waals surface area contributed by atoms with E-state index in [1.165, 1.54) is 22.0 Å². The lowest BCUT2D eigenvalue weighted by Gasteiger charge is -2.17. The smallest absolute Gasteiger partial charge is 0.307 e. The van der Waals surface area contributed by atoms with Crippen LogP contribution in [0.5, 0.6) is 5.75 Å². The Hall–Kier alpha value is -4.05. The number of hydrogen-bond acceptors (Lipinski definition) is 6. The molecule has 1 aromatic heterocycles. The number of para-hydroxylation sites is 1. The lowest BCUT2D eigenvalue weighted by molar-refractivity contribution is -0.385. The summed E-state index contributed by atoms with van der Waals surface area (Å²) in [6, 6.07) is 13.1. The van der Waals surface area contributed by atoms with Crippen molar-refractivity contribution in [3.05, 3.63) is 87.4 Å². The van der Waals surface area contributed by atoms with Gasteiger partial charge in [-0.1, -0.05) is 31.2 Å². The zero-order valence-electron chi connectivity index (χ0n) is 18.0. The van der Waals surface area contributed by atoms with Gasteiger partial charge >= 0.3 is 5.69 Å². The van der Waals surface area contributed by atoms with Crippen LogP contribution in [0.1, 0.15) is 23.6 Å². The zero-order valence-corrected chi connectivity index (χ0v) is 18.8. The molecular formula is C23H21N5O4S. The number of nitro groups is 1. The number of hydrogen-bond donors (Lipinski definition) is 1. The molecule has 0 aliphatic carbocycles. The summed E-state index contributed by atoms with van der Waals surface area (Å²) in [4.78, 5) is 25.1. The fourth-order valence-corrected chi connectivity index (χ4v) is 3.96. The maximum atomic E-state index is 13.2. The molecular weight excluding hydrogens is 442 g/mol. The van der Waals surface area contributed by atoms with Gasteiger partial charge in [0.1, 0.15) is 23.8 Å². The molecule has 2 aromatic carbocycles. The summed E-state index contributed by atoms with van der Waals surface area (Å²) in [5, 5.41) is 18.3. The molecule has 0 radical (unpaired) electrons. The quantitative estimate of drug-likeness (QED) is 0.247. The predicted octanol–water partition coefficient (Wildman–Crippen LogP) is 3.67. The number of ether oxygens (including phenoxy) is 1. The number of benzene rings is 2. The van der Waals surface area contributed by atoms with Crippen LogP contribution in [0.15, 0.2) is 60.6 Å². The average Bonchev–Trinajstić information content (AvgIpc) is 3.38. The monoisotopic (exact) mass is 463 g/mol. The fourth-order valence-electron chi connectivity index (χ4n) is 3.67. The Morgan fingerprint density at radius 2 is 2.03 bits per heavy atom. The lowest BCUT2D eigenvalue weighted by atomic mass is 10.1. The minimum atomic E-state index is -0.496. The van der Waals surface area contributed by atoms with Crippen molar-refractivity contribution in [1.82, 2.24) is 15.1 Å². The third-order valence-corrected chi connectivity index (χ3v) is 5.55. The standard InChI is InChI=1S/C23H21N5O4S/c1-3-16-6-4-5-7-20(16)27-22(29)19(25-23(27)33)11-15-8-9-21(32-2)17(10-15)13-26-14-18(12-24-26)28(30)31/h4-12,14H,3,13H2,1-2H3,(H,25,33)/b19-11+. The summed E-state index contributed by atoms with van der Waals surface area (Å²) in [5.41, 5.74) is 3.56.